The van der Waals surface area contributed by atoms with Gasteiger partial charge in [-0.15, -0.1) is 6.58 Å². The maximum atomic E-state index is 12.2. The summed E-state index contributed by atoms with van der Waals surface area (Å²) in [4.78, 5) is 23.7. The maximum Gasteiger partial charge on any atom is 0.338 e. The summed E-state index contributed by atoms with van der Waals surface area (Å²) in [7, 11) is -3.90. The van der Waals surface area contributed by atoms with Crippen LogP contribution in [0.15, 0.2) is 35.7 Å². The van der Waals surface area contributed by atoms with Crippen molar-refractivity contribution in [3.63, 3.8) is 0 Å². The Morgan fingerprint density at radius 1 is 1.31 bits per heavy atom. The van der Waals surface area contributed by atoms with Crippen molar-refractivity contribution < 1.29 is 22.7 Å². The van der Waals surface area contributed by atoms with Crippen LogP contribution in [0, 0.1) is 0 Å². The molecular weight excluding hydrogens is 380 g/mol. The monoisotopic (exact) mass is 400 g/mol. The number of hydrogen-bond acceptors (Lipinski definition) is 5. The smallest absolute Gasteiger partial charge is 0.338 e. The van der Waals surface area contributed by atoms with E-state index in [2.05, 4.69) is 16.6 Å². The Balaban J connectivity index is 2.01. The number of sulfonamides is 1. The first-order valence-electron chi connectivity index (χ1n) is 8.20. The third-order valence-electron chi connectivity index (χ3n) is 3.93. The molecule has 26 heavy (non-hydrogen) atoms. The molecule has 0 unspecified atom stereocenters. The van der Waals surface area contributed by atoms with E-state index in [0.29, 0.717) is 0 Å². The number of esters is 1. The Kier molecular flexibility index (Phi) is 7.19. The Morgan fingerprint density at radius 2 is 2.00 bits per heavy atom. The van der Waals surface area contributed by atoms with E-state index in [1.54, 1.807) is 0 Å². The van der Waals surface area contributed by atoms with Gasteiger partial charge in [-0.25, -0.2) is 17.9 Å². The van der Waals surface area contributed by atoms with Crippen LogP contribution in [0.2, 0.25) is 5.02 Å². The lowest BCUT2D eigenvalue weighted by Crippen LogP contribution is -2.35. The zero-order valence-corrected chi connectivity index (χ0v) is 15.7. The highest BCUT2D eigenvalue weighted by molar-refractivity contribution is 7.89. The zero-order chi connectivity index (χ0) is 19.2. The molecule has 0 saturated heterocycles. The SMILES string of the molecule is C=CCNS(=O)(=O)c1cc(C(=O)OCC(=O)NC2CCCC2)ccc1Cl. The van der Waals surface area contributed by atoms with Gasteiger partial charge in [0.2, 0.25) is 10.0 Å². The number of carbonyl (C=O) groups is 2. The molecule has 1 aliphatic carbocycles. The minimum atomic E-state index is -3.90. The molecule has 1 amide bonds. The van der Waals surface area contributed by atoms with Gasteiger partial charge in [0.25, 0.3) is 5.91 Å². The second kappa shape index (κ2) is 9.16. The van der Waals surface area contributed by atoms with E-state index in [4.69, 9.17) is 16.3 Å². The van der Waals surface area contributed by atoms with E-state index in [1.807, 2.05) is 0 Å². The Labute approximate surface area is 157 Å². The predicted octanol–water partition coefficient (Wildman–Crippen LogP) is 2.02. The van der Waals surface area contributed by atoms with Crippen LogP contribution in [-0.2, 0) is 19.6 Å². The van der Waals surface area contributed by atoms with Crippen molar-refractivity contribution in [2.24, 2.45) is 0 Å². The second-order valence-corrected chi connectivity index (χ2v) is 8.05. The normalized spacial score (nSPS) is 14.8. The summed E-state index contributed by atoms with van der Waals surface area (Å²) in [5, 5.41) is 2.77. The standard InChI is InChI=1S/C17H21ClN2O5S/c1-2-9-19-26(23,24)15-10-12(7-8-14(15)18)17(22)25-11-16(21)20-13-5-3-4-6-13/h2,7-8,10,13,19H,1,3-6,9,11H2,(H,20,21). The lowest BCUT2D eigenvalue weighted by molar-refractivity contribution is -0.124. The van der Waals surface area contributed by atoms with Crippen LogP contribution in [0.4, 0.5) is 0 Å². The molecule has 142 valence electrons. The Morgan fingerprint density at radius 3 is 2.65 bits per heavy atom. The van der Waals surface area contributed by atoms with Crippen LogP contribution in [-0.4, -0.2) is 39.5 Å². The van der Waals surface area contributed by atoms with Gasteiger partial charge in [0.05, 0.1) is 10.6 Å². The first-order valence-corrected chi connectivity index (χ1v) is 10.1. The molecule has 0 aromatic heterocycles. The molecule has 1 saturated carbocycles. The van der Waals surface area contributed by atoms with Gasteiger partial charge in [-0.05, 0) is 31.0 Å². The van der Waals surface area contributed by atoms with Gasteiger partial charge < -0.3 is 10.1 Å². The topological polar surface area (TPSA) is 102 Å². The molecule has 1 aliphatic rings. The molecule has 2 rings (SSSR count). The number of rotatable bonds is 8. The number of nitrogens with one attached hydrogen (secondary N) is 2. The van der Waals surface area contributed by atoms with Crippen molar-refractivity contribution in [2.45, 2.75) is 36.6 Å². The van der Waals surface area contributed by atoms with Crippen LogP contribution in [0.25, 0.3) is 0 Å². The lowest BCUT2D eigenvalue weighted by atomic mass is 10.2. The molecule has 1 aromatic carbocycles. The highest BCUT2D eigenvalue weighted by Crippen LogP contribution is 2.23. The summed E-state index contributed by atoms with van der Waals surface area (Å²) < 4.78 is 31.6. The van der Waals surface area contributed by atoms with Crippen molar-refractivity contribution in [1.82, 2.24) is 10.0 Å². The molecule has 0 spiro atoms. The molecule has 7 nitrogen and oxygen atoms in total. The van der Waals surface area contributed by atoms with E-state index >= 15 is 0 Å². The highest BCUT2D eigenvalue weighted by atomic mass is 35.5. The van der Waals surface area contributed by atoms with Crippen molar-refractivity contribution in [2.75, 3.05) is 13.2 Å². The Hall–Kier alpha value is -1.90. The first kappa shape index (κ1) is 20.4. The van der Waals surface area contributed by atoms with Crippen LogP contribution in [0.1, 0.15) is 36.0 Å². The van der Waals surface area contributed by atoms with Crippen LogP contribution in [0.5, 0.6) is 0 Å². The van der Waals surface area contributed by atoms with Crippen molar-refractivity contribution in [1.29, 1.82) is 0 Å². The maximum absolute atomic E-state index is 12.2. The van der Waals surface area contributed by atoms with Gasteiger partial charge in [-0.2, -0.15) is 0 Å². The van der Waals surface area contributed by atoms with Gasteiger partial charge in [-0.1, -0.05) is 30.5 Å². The van der Waals surface area contributed by atoms with E-state index < -0.39 is 22.6 Å². The number of hydrogen-bond donors (Lipinski definition) is 2. The quantitative estimate of drug-likeness (QED) is 0.513. The average molecular weight is 401 g/mol. The summed E-state index contributed by atoms with van der Waals surface area (Å²) in [5.74, 6) is -1.18. The molecule has 0 atom stereocenters. The third kappa shape index (κ3) is 5.55. The number of halogens is 1. The molecule has 2 N–H and O–H groups in total. The van der Waals surface area contributed by atoms with E-state index in [0.717, 1.165) is 31.7 Å². The fourth-order valence-electron chi connectivity index (χ4n) is 2.64. The van der Waals surface area contributed by atoms with Gasteiger partial charge in [0, 0.05) is 12.6 Å². The van der Waals surface area contributed by atoms with Gasteiger partial charge in [0.15, 0.2) is 6.61 Å². The van der Waals surface area contributed by atoms with E-state index in [9.17, 15) is 18.0 Å². The van der Waals surface area contributed by atoms with Gasteiger partial charge in [0.1, 0.15) is 4.90 Å². The van der Waals surface area contributed by atoms with Crippen LogP contribution < -0.4 is 10.0 Å². The fourth-order valence-corrected chi connectivity index (χ4v) is 4.16. The molecule has 0 radical (unpaired) electrons. The first-order chi connectivity index (χ1) is 12.3. The highest BCUT2D eigenvalue weighted by Gasteiger charge is 2.21. The van der Waals surface area contributed by atoms with E-state index in [1.165, 1.54) is 18.2 Å². The zero-order valence-electron chi connectivity index (χ0n) is 14.2. The second-order valence-electron chi connectivity index (χ2n) is 5.91. The van der Waals surface area contributed by atoms with Crippen molar-refractivity contribution in [3.05, 3.63) is 41.4 Å². The van der Waals surface area contributed by atoms with Crippen LogP contribution in [0.3, 0.4) is 0 Å². The number of benzene rings is 1. The predicted molar refractivity (Wildman–Crippen MR) is 97.5 cm³/mol. The minimum absolute atomic E-state index is 0.0120. The molecule has 1 fully saturated rings. The molecular formula is C17H21ClN2O5S. The molecule has 1 aromatic rings. The fraction of sp³-hybridized carbons (Fsp3) is 0.412. The number of carbonyl (C=O) groups excluding carboxylic acids is 2. The van der Waals surface area contributed by atoms with Gasteiger partial charge >= 0.3 is 5.97 Å². The van der Waals surface area contributed by atoms with Gasteiger partial charge in [-0.3, -0.25) is 4.79 Å². The Bertz CT molecular complexity index is 788. The lowest BCUT2D eigenvalue weighted by Gasteiger charge is -2.12. The number of ether oxygens (including phenoxy) is 1. The largest absolute Gasteiger partial charge is 0.452 e. The summed E-state index contributed by atoms with van der Waals surface area (Å²) in [6.45, 7) is 3.03. The molecule has 9 heteroatoms. The number of amides is 1. The van der Waals surface area contributed by atoms with Crippen molar-refractivity contribution in [3.8, 4) is 0 Å². The molecule has 0 bridgehead atoms. The summed E-state index contributed by atoms with van der Waals surface area (Å²) in [6.07, 6.45) is 5.39. The third-order valence-corrected chi connectivity index (χ3v) is 5.83. The van der Waals surface area contributed by atoms with E-state index in [-0.39, 0.29) is 34.0 Å². The summed E-state index contributed by atoms with van der Waals surface area (Å²) in [6, 6.07) is 3.88. The van der Waals surface area contributed by atoms with Crippen molar-refractivity contribution >= 4 is 33.5 Å². The summed E-state index contributed by atoms with van der Waals surface area (Å²) in [5.41, 5.74) is -0.0120. The summed E-state index contributed by atoms with van der Waals surface area (Å²) >= 11 is 5.93. The van der Waals surface area contributed by atoms with Crippen LogP contribution >= 0.6 is 11.6 Å². The molecule has 0 heterocycles. The average Bonchev–Trinajstić information content (AvgIpc) is 3.11. The molecule has 0 aliphatic heterocycles. The minimum Gasteiger partial charge on any atom is -0.452 e.